The zero-order chi connectivity index (χ0) is 23.7. The van der Waals surface area contributed by atoms with Crippen molar-refractivity contribution >= 4 is 32.2 Å². The molecule has 0 amide bonds. The normalized spacial score (nSPS) is 20.3. The number of fused-ring (bicyclic) bond motifs is 3. The molecular weight excluding hydrogens is 444 g/mol. The highest BCUT2D eigenvalue weighted by Crippen LogP contribution is 2.56. The molecule has 0 bridgehead atoms. The fourth-order valence-corrected chi connectivity index (χ4v) is 6.64. The third kappa shape index (κ3) is 2.88. The Morgan fingerprint density at radius 3 is 2.41 bits per heavy atom. The lowest BCUT2D eigenvalue weighted by atomic mass is 9.76. The largest absolute Gasteiger partial charge is 0.466 e. The summed E-state index contributed by atoms with van der Waals surface area (Å²) < 4.78 is 35.7. The van der Waals surface area contributed by atoms with E-state index in [0.29, 0.717) is 12.1 Å². The second-order valence-electron chi connectivity index (χ2n) is 9.70. The average Bonchev–Trinajstić information content (AvgIpc) is 3.29. The van der Waals surface area contributed by atoms with Crippen molar-refractivity contribution in [3.8, 4) is 5.75 Å². The Morgan fingerprint density at radius 1 is 0.882 bits per heavy atom. The lowest BCUT2D eigenvalue weighted by Crippen LogP contribution is -2.58. The van der Waals surface area contributed by atoms with E-state index >= 15 is 0 Å². The van der Waals surface area contributed by atoms with Gasteiger partial charge in [0.2, 0.25) is 0 Å². The molecule has 4 aromatic rings. The van der Waals surface area contributed by atoms with Crippen LogP contribution < -0.4 is 14.4 Å². The van der Waals surface area contributed by atoms with E-state index in [2.05, 4.69) is 48.7 Å². The molecule has 4 aromatic carbocycles. The molecule has 0 fully saturated rings. The smallest absolute Gasteiger partial charge is 0.261 e. The summed E-state index contributed by atoms with van der Waals surface area (Å²) in [6.45, 7) is 4.43. The van der Waals surface area contributed by atoms with Gasteiger partial charge in [-0.2, -0.15) is 0 Å². The van der Waals surface area contributed by atoms with Crippen LogP contribution in [0.15, 0.2) is 89.8 Å². The number of nitrogens with zero attached hydrogens (tertiary/aromatic N) is 1. The maximum atomic E-state index is 13.1. The molecule has 0 radical (unpaired) electrons. The number of likely N-dealkylation sites (N-methyl/N-ethyl adjacent to an activating group) is 1. The number of ether oxygens (including phenoxy) is 1. The molecule has 0 aromatic heterocycles. The van der Waals surface area contributed by atoms with Gasteiger partial charge in [-0.3, -0.25) is 4.72 Å². The van der Waals surface area contributed by atoms with E-state index in [4.69, 9.17) is 4.74 Å². The molecule has 34 heavy (non-hydrogen) atoms. The van der Waals surface area contributed by atoms with Crippen LogP contribution in [0, 0.1) is 0 Å². The number of hydrogen-bond acceptors (Lipinski definition) is 4. The maximum absolute atomic E-state index is 13.1. The molecule has 1 N–H and O–H groups in total. The molecule has 0 unspecified atom stereocenters. The molecule has 2 aliphatic heterocycles. The molecule has 6 rings (SSSR count). The Bertz CT molecular complexity index is 1560. The molecule has 5 nitrogen and oxygen atoms in total. The van der Waals surface area contributed by atoms with Gasteiger partial charge < -0.3 is 9.64 Å². The molecule has 172 valence electrons. The van der Waals surface area contributed by atoms with Crippen molar-refractivity contribution in [2.24, 2.45) is 0 Å². The first-order valence-electron chi connectivity index (χ1n) is 11.4. The molecule has 0 aliphatic carbocycles. The van der Waals surface area contributed by atoms with Gasteiger partial charge in [0.25, 0.3) is 10.0 Å². The molecule has 6 heteroatoms. The molecule has 2 heterocycles. The Kier molecular flexibility index (Phi) is 4.33. The molecule has 1 spiro atoms. The second-order valence-corrected chi connectivity index (χ2v) is 11.4. The topological polar surface area (TPSA) is 58.6 Å². The van der Waals surface area contributed by atoms with Crippen LogP contribution in [-0.2, 0) is 21.9 Å². The zero-order valence-electron chi connectivity index (χ0n) is 19.4. The average molecular weight is 471 g/mol. The van der Waals surface area contributed by atoms with Crippen LogP contribution in [0.1, 0.15) is 25.0 Å². The van der Waals surface area contributed by atoms with Crippen LogP contribution >= 0.6 is 0 Å². The van der Waals surface area contributed by atoms with Gasteiger partial charge in [0.1, 0.15) is 5.75 Å². The number of hydrogen-bond donors (Lipinski definition) is 1. The van der Waals surface area contributed by atoms with Crippen molar-refractivity contribution in [1.82, 2.24) is 0 Å². The van der Waals surface area contributed by atoms with E-state index in [1.165, 1.54) is 5.56 Å². The number of anilines is 2. The fraction of sp³-hybridized carbons (Fsp3) is 0.214. The first kappa shape index (κ1) is 21.1. The summed E-state index contributed by atoms with van der Waals surface area (Å²) >= 11 is 0. The summed E-state index contributed by atoms with van der Waals surface area (Å²) in [5.74, 6) is 0.793. The Balaban J connectivity index is 1.32. The number of para-hydroxylation sites is 1. The number of sulfonamides is 1. The minimum absolute atomic E-state index is 0.242. The summed E-state index contributed by atoms with van der Waals surface area (Å²) in [7, 11) is -1.66. The maximum Gasteiger partial charge on any atom is 0.261 e. The quantitative estimate of drug-likeness (QED) is 0.417. The highest BCUT2D eigenvalue weighted by Gasteiger charge is 2.60. The summed E-state index contributed by atoms with van der Waals surface area (Å²) in [6.07, 6.45) is 0.659. The monoisotopic (exact) mass is 470 g/mol. The lowest BCUT2D eigenvalue weighted by Gasteiger charge is -2.42. The lowest BCUT2D eigenvalue weighted by molar-refractivity contribution is 0.0350. The van der Waals surface area contributed by atoms with E-state index in [0.717, 1.165) is 27.8 Å². The van der Waals surface area contributed by atoms with Crippen LogP contribution in [0.5, 0.6) is 5.75 Å². The zero-order valence-corrected chi connectivity index (χ0v) is 20.2. The minimum Gasteiger partial charge on any atom is -0.466 e. The Labute approximate surface area is 200 Å². The minimum atomic E-state index is -3.73. The molecule has 0 saturated carbocycles. The fourth-order valence-electron chi connectivity index (χ4n) is 5.56. The van der Waals surface area contributed by atoms with Gasteiger partial charge in [0, 0.05) is 30.4 Å². The van der Waals surface area contributed by atoms with Crippen molar-refractivity contribution in [3.05, 3.63) is 96.1 Å². The van der Waals surface area contributed by atoms with E-state index in [1.807, 2.05) is 48.5 Å². The standard InChI is InChI=1S/C28H26N2O3S/c1-27(2)24-10-6-7-11-25(24)30(3)28(27)18-21-16-22(13-15-26(21)33-28)29-34(31,32)23-14-12-19-8-4-5-9-20(19)17-23/h4-17,29H,18H2,1-3H3/t28-/m1/s1. The third-order valence-corrected chi connectivity index (χ3v) is 8.89. The SMILES string of the molecule is CN1c2ccccc2C(C)(C)[C@]12Cc1cc(NS(=O)(=O)c3ccc4ccccc4c3)ccc1O2. The van der Waals surface area contributed by atoms with Gasteiger partial charge in [0.05, 0.1) is 10.3 Å². The highest BCUT2D eigenvalue weighted by molar-refractivity contribution is 7.92. The highest BCUT2D eigenvalue weighted by atomic mass is 32.2. The number of benzene rings is 4. The van der Waals surface area contributed by atoms with E-state index in [1.54, 1.807) is 18.2 Å². The number of rotatable bonds is 3. The predicted molar refractivity (Wildman–Crippen MR) is 136 cm³/mol. The van der Waals surface area contributed by atoms with Crippen molar-refractivity contribution in [2.45, 2.75) is 36.3 Å². The van der Waals surface area contributed by atoms with Crippen LogP contribution in [0.4, 0.5) is 11.4 Å². The van der Waals surface area contributed by atoms with Gasteiger partial charge in [-0.05, 0) is 66.6 Å². The third-order valence-electron chi connectivity index (χ3n) is 7.51. The Hall–Kier alpha value is -3.51. The predicted octanol–water partition coefficient (Wildman–Crippen LogP) is 5.70. The van der Waals surface area contributed by atoms with Crippen molar-refractivity contribution in [3.63, 3.8) is 0 Å². The van der Waals surface area contributed by atoms with Gasteiger partial charge in [-0.1, -0.05) is 48.5 Å². The summed E-state index contributed by atoms with van der Waals surface area (Å²) in [4.78, 5) is 2.47. The van der Waals surface area contributed by atoms with Gasteiger partial charge in [0.15, 0.2) is 5.72 Å². The molecule has 1 atom stereocenters. The van der Waals surface area contributed by atoms with Gasteiger partial charge in [-0.15, -0.1) is 0 Å². The Morgan fingerprint density at radius 2 is 1.62 bits per heavy atom. The molecule has 2 aliphatic rings. The molecule has 0 saturated heterocycles. The van der Waals surface area contributed by atoms with Crippen LogP contribution in [0.2, 0.25) is 0 Å². The van der Waals surface area contributed by atoms with Gasteiger partial charge in [-0.25, -0.2) is 8.42 Å². The van der Waals surface area contributed by atoms with Gasteiger partial charge >= 0.3 is 0 Å². The van der Waals surface area contributed by atoms with E-state index in [-0.39, 0.29) is 10.3 Å². The summed E-state index contributed by atoms with van der Waals surface area (Å²) in [6, 6.07) is 26.8. The summed E-state index contributed by atoms with van der Waals surface area (Å²) in [5.41, 5.74) is 3.13. The van der Waals surface area contributed by atoms with Crippen LogP contribution in [-0.4, -0.2) is 21.2 Å². The van der Waals surface area contributed by atoms with Crippen molar-refractivity contribution < 1.29 is 13.2 Å². The first-order chi connectivity index (χ1) is 16.2. The van der Waals surface area contributed by atoms with Crippen molar-refractivity contribution in [1.29, 1.82) is 0 Å². The molecular formula is C28H26N2O3S. The van der Waals surface area contributed by atoms with E-state index in [9.17, 15) is 8.42 Å². The summed E-state index contributed by atoms with van der Waals surface area (Å²) in [5, 5.41) is 1.89. The van der Waals surface area contributed by atoms with Crippen molar-refractivity contribution in [2.75, 3.05) is 16.7 Å². The first-order valence-corrected chi connectivity index (χ1v) is 12.9. The second kappa shape index (κ2) is 7.00. The van der Waals surface area contributed by atoms with Crippen LogP contribution in [0.25, 0.3) is 10.8 Å². The van der Waals surface area contributed by atoms with Crippen LogP contribution in [0.3, 0.4) is 0 Å². The van der Waals surface area contributed by atoms with E-state index < -0.39 is 15.7 Å². The number of nitrogens with one attached hydrogen (secondary N) is 1.